The van der Waals surface area contributed by atoms with E-state index in [1.807, 2.05) is 0 Å². The third-order valence-electron chi connectivity index (χ3n) is 1.63. The molecular formula is C8H11Cl. The largest absolute Gasteiger partial charge is 0.0889 e. The fourth-order valence-corrected chi connectivity index (χ4v) is 1.17. The van der Waals surface area contributed by atoms with Gasteiger partial charge in [0.15, 0.2) is 0 Å². The number of hydrogen-bond acceptors (Lipinski definition) is 0. The van der Waals surface area contributed by atoms with Crippen molar-refractivity contribution in [3.05, 3.63) is 22.3 Å². The first-order valence-corrected chi connectivity index (χ1v) is 3.60. The minimum absolute atomic E-state index is 1.03. The molecule has 0 nitrogen and oxygen atoms in total. The van der Waals surface area contributed by atoms with Gasteiger partial charge in [-0.05, 0) is 32.3 Å². The minimum Gasteiger partial charge on any atom is -0.0889 e. The molecule has 0 bridgehead atoms. The molecule has 0 fully saturated rings. The van der Waals surface area contributed by atoms with Crippen LogP contribution in [0.25, 0.3) is 0 Å². The molecule has 0 aromatic carbocycles. The lowest BCUT2D eigenvalue weighted by atomic mass is 10.0. The molecule has 50 valence electrons. The van der Waals surface area contributed by atoms with Gasteiger partial charge in [-0.2, -0.15) is 0 Å². The van der Waals surface area contributed by atoms with Crippen LogP contribution in [0, 0.1) is 0 Å². The van der Waals surface area contributed by atoms with Gasteiger partial charge in [0.1, 0.15) is 0 Å². The molecule has 0 saturated heterocycles. The van der Waals surface area contributed by atoms with Crippen LogP contribution in [0.4, 0.5) is 0 Å². The van der Waals surface area contributed by atoms with Crippen molar-refractivity contribution < 1.29 is 0 Å². The van der Waals surface area contributed by atoms with E-state index in [2.05, 4.69) is 19.9 Å². The maximum Gasteiger partial charge on any atom is 0.0213 e. The second kappa shape index (κ2) is 2.57. The fourth-order valence-electron chi connectivity index (χ4n) is 1.02. The van der Waals surface area contributed by atoms with Crippen molar-refractivity contribution in [1.29, 1.82) is 0 Å². The summed E-state index contributed by atoms with van der Waals surface area (Å²) in [6, 6.07) is 0. The molecule has 0 unspecified atom stereocenters. The van der Waals surface area contributed by atoms with Gasteiger partial charge in [0.25, 0.3) is 0 Å². The third kappa shape index (κ3) is 1.59. The van der Waals surface area contributed by atoms with E-state index in [0.29, 0.717) is 0 Å². The molecule has 0 amide bonds. The predicted molar refractivity (Wildman–Crippen MR) is 41.5 cm³/mol. The number of hydrogen-bond donors (Lipinski definition) is 0. The van der Waals surface area contributed by atoms with Crippen molar-refractivity contribution in [3.8, 4) is 0 Å². The molecule has 1 rings (SSSR count). The average molecular weight is 143 g/mol. The van der Waals surface area contributed by atoms with E-state index in [0.717, 1.165) is 17.9 Å². The summed E-state index contributed by atoms with van der Waals surface area (Å²) in [4.78, 5) is 0. The van der Waals surface area contributed by atoms with Crippen molar-refractivity contribution in [2.45, 2.75) is 26.7 Å². The van der Waals surface area contributed by atoms with Gasteiger partial charge in [0, 0.05) is 5.03 Å². The highest BCUT2D eigenvalue weighted by Gasteiger charge is 2.03. The average Bonchev–Trinajstić information content (AvgIpc) is 1.80. The van der Waals surface area contributed by atoms with Gasteiger partial charge in [-0.15, -0.1) is 0 Å². The zero-order valence-corrected chi connectivity index (χ0v) is 6.63. The topological polar surface area (TPSA) is 0 Å². The zero-order chi connectivity index (χ0) is 6.85. The summed E-state index contributed by atoms with van der Waals surface area (Å²) in [6.07, 6.45) is 4.33. The van der Waals surface area contributed by atoms with E-state index in [1.165, 1.54) is 11.1 Å². The minimum atomic E-state index is 1.03. The molecule has 0 aromatic rings. The van der Waals surface area contributed by atoms with Crippen molar-refractivity contribution >= 4 is 11.6 Å². The summed E-state index contributed by atoms with van der Waals surface area (Å²) >= 11 is 5.87. The van der Waals surface area contributed by atoms with Crippen LogP contribution in [0.15, 0.2) is 22.3 Å². The Kier molecular flexibility index (Phi) is 1.97. The van der Waals surface area contributed by atoms with Crippen molar-refractivity contribution in [2.24, 2.45) is 0 Å². The Morgan fingerprint density at radius 2 is 2.00 bits per heavy atom. The molecule has 0 aromatic heterocycles. The van der Waals surface area contributed by atoms with Gasteiger partial charge in [0.05, 0.1) is 0 Å². The molecule has 0 saturated carbocycles. The summed E-state index contributed by atoms with van der Waals surface area (Å²) in [5.41, 5.74) is 2.68. The second-order valence-electron chi connectivity index (χ2n) is 2.58. The smallest absolute Gasteiger partial charge is 0.0213 e. The Morgan fingerprint density at radius 3 is 2.44 bits per heavy atom. The molecule has 0 aliphatic heterocycles. The van der Waals surface area contributed by atoms with Crippen LogP contribution < -0.4 is 0 Å². The molecule has 1 aliphatic carbocycles. The first-order valence-electron chi connectivity index (χ1n) is 3.22. The van der Waals surface area contributed by atoms with Crippen molar-refractivity contribution in [1.82, 2.24) is 0 Å². The van der Waals surface area contributed by atoms with Crippen LogP contribution in [0.3, 0.4) is 0 Å². The lowest BCUT2D eigenvalue weighted by molar-refractivity contribution is 0.930. The fraction of sp³-hybridized carbons (Fsp3) is 0.500. The summed E-state index contributed by atoms with van der Waals surface area (Å²) in [6.45, 7) is 4.21. The Balaban J connectivity index is 2.83. The van der Waals surface area contributed by atoms with Crippen molar-refractivity contribution in [2.75, 3.05) is 0 Å². The van der Waals surface area contributed by atoms with Gasteiger partial charge in [-0.1, -0.05) is 23.3 Å². The normalized spacial score (nSPS) is 20.1. The zero-order valence-electron chi connectivity index (χ0n) is 5.87. The third-order valence-corrected chi connectivity index (χ3v) is 2.12. The predicted octanol–water partition coefficient (Wildman–Crippen LogP) is 3.24. The summed E-state index contributed by atoms with van der Waals surface area (Å²) in [7, 11) is 0. The van der Waals surface area contributed by atoms with Crippen LogP contribution in [0.1, 0.15) is 26.7 Å². The van der Waals surface area contributed by atoms with Crippen molar-refractivity contribution in [3.63, 3.8) is 0 Å². The summed E-state index contributed by atoms with van der Waals surface area (Å²) in [5.74, 6) is 0. The van der Waals surface area contributed by atoms with Gasteiger partial charge in [-0.25, -0.2) is 0 Å². The van der Waals surface area contributed by atoms with Gasteiger partial charge in [-0.3, -0.25) is 0 Å². The quantitative estimate of drug-likeness (QED) is 0.487. The van der Waals surface area contributed by atoms with Crippen LogP contribution in [0.5, 0.6) is 0 Å². The highest BCUT2D eigenvalue weighted by Crippen LogP contribution is 2.25. The lowest BCUT2D eigenvalue weighted by Crippen LogP contribution is -1.89. The number of halogens is 1. The van der Waals surface area contributed by atoms with Gasteiger partial charge in [0.2, 0.25) is 0 Å². The van der Waals surface area contributed by atoms with E-state index in [4.69, 9.17) is 11.6 Å². The van der Waals surface area contributed by atoms with Crippen LogP contribution >= 0.6 is 11.6 Å². The molecular weight excluding hydrogens is 132 g/mol. The van der Waals surface area contributed by atoms with Crippen LogP contribution in [0.2, 0.25) is 0 Å². The van der Waals surface area contributed by atoms with Gasteiger partial charge >= 0.3 is 0 Å². The Hall–Kier alpha value is -0.230. The summed E-state index contributed by atoms with van der Waals surface area (Å²) < 4.78 is 0. The number of rotatable bonds is 0. The van der Waals surface area contributed by atoms with Crippen LogP contribution in [-0.2, 0) is 0 Å². The molecule has 9 heavy (non-hydrogen) atoms. The molecule has 1 aliphatic rings. The Morgan fingerprint density at radius 1 is 1.33 bits per heavy atom. The number of allylic oxidation sites excluding steroid dienone is 4. The maximum absolute atomic E-state index is 5.87. The highest BCUT2D eigenvalue weighted by atomic mass is 35.5. The SMILES string of the molecule is CC1=CC(C)=C(Cl)CC1. The second-order valence-corrected chi connectivity index (χ2v) is 3.03. The van der Waals surface area contributed by atoms with Crippen LogP contribution in [-0.4, -0.2) is 0 Å². The highest BCUT2D eigenvalue weighted by molar-refractivity contribution is 6.30. The monoisotopic (exact) mass is 142 g/mol. The molecule has 0 atom stereocenters. The molecule has 0 N–H and O–H groups in total. The van der Waals surface area contributed by atoms with E-state index >= 15 is 0 Å². The van der Waals surface area contributed by atoms with E-state index in [9.17, 15) is 0 Å². The van der Waals surface area contributed by atoms with Gasteiger partial charge < -0.3 is 0 Å². The molecule has 0 radical (unpaired) electrons. The first kappa shape index (κ1) is 6.88. The molecule has 0 heterocycles. The Labute approximate surface area is 61.2 Å². The lowest BCUT2D eigenvalue weighted by Gasteiger charge is -2.09. The standard InChI is InChI=1S/C8H11Cl/c1-6-3-4-8(9)7(2)5-6/h5H,3-4H2,1-2H3. The summed E-state index contributed by atoms with van der Waals surface area (Å²) in [5, 5.41) is 1.03. The van der Waals surface area contributed by atoms with E-state index in [1.54, 1.807) is 0 Å². The first-order chi connectivity index (χ1) is 4.20. The van der Waals surface area contributed by atoms with E-state index < -0.39 is 0 Å². The Bertz CT molecular complexity index is 175. The molecule has 0 spiro atoms. The van der Waals surface area contributed by atoms with E-state index in [-0.39, 0.29) is 0 Å². The maximum atomic E-state index is 5.87. The molecule has 1 heteroatoms.